The van der Waals surface area contributed by atoms with Crippen molar-refractivity contribution in [2.24, 2.45) is 5.73 Å². The number of aryl methyl sites for hydroxylation is 1. The second kappa shape index (κ2) is 6.54. The number of carbonyl (C=O) groups is 1. The highest BCUT2D eigenvalue weighted by molar-refractivity contribution is 5.73. The molecular weight excluding hydrogens is 214 g/mol. The van der Waals surface area contributed by atoms with Gasteiger partial charge in [0.1, 0.15) is 6.07 Å². The van der Waals surface area contributed by atoms with E-state index >= 15 is 0 Å². The SMILES string of the molecule is Cc1cccc(C#N)c1NCCCCC(N)=O. The molecule has 1 amide bonds. The van der Waals surface area contributed by atoms with Crippen molar-refractivity contribution in [3.63, 3.8) is 0 Å². The number of unbranched alkanes of at least 4 members (excludes halogenated alkanes) is 1. The van der Waals surface area contributed by atoms with Crippen molar-refractivity contribution in [2.75, 3.05) is 11.9 Å². The molecule has 3 N–H and O–H groups in total. The van der Waals surface area contributed by atoms with Crippen molar-refractivity contribution >= 4 is 11.6 Å². The lowest BCUT2D eigenvalue weighted by Crippen LogP contribution is -2.11. The van der Waals surface area contributed by atoms with Crippen LogP contribution in [0.5, 0.6) is 0 Å². The monoisotopic (exact) mass is 231 g/mol. The van der Waals surface area contributed by atoms with E-state index in [0.29, 0.717) is 12.0 Å². The summed E-state index contributed by atoms with van der Waals surface area (Å²) in [6.45, 7) is 2.71. The maximum Gasteiger partial charge on any atom is 0.217 e. The summed E-state index contributed by atoms with van der Waals surface area (Å²) >= 11 is 0. The third-order valence-electron chi connectivity index (χ3n) is 2.54. The van der Waals surface area contributed by atoms with Gasteiger partial charge in [-0.3, -0.25) is 4.79 Å². The lowest BCUT2D eigenvalue weighted by atomic mass is 10.1. The molecule has 0 atom stereocenters. The summed E-state index contributed by atoms with van der Waals surface area (Å²) in [7, 11) is 0. The van der Waals surface area contributed by atoms with Gasteiger partial charge in [-0.25, -0.2) is 0 Å². The van der Waals surface area contributed by atoms with Gasteiger partial charge in [-0.15, -0.1) is 0 Å². The topological polar surface area (TPSA) is 78.9 Å². The molecule has 0 fully saturated rings. The number of nitrogens with one attached hydrogen (secondary N) is 1. The minimum atomic E-state index is -0.265. The van der Waals surface area contributed by atoms with Gasteiger partial charge in [0.15, 0.2) is 0 Å². The third kappa shape index (κ3) is 4.15. The Labute approximate surface area is 101 Å². The summed E-state index contributed by atoms with van der Waals surface area (Å²) in [6.07, 6.45) is 2.05. The first-order chi connectivity index (χ1) is 8.15. The van der Waals surface area contributed by atoms with E-state index in [1.807, 2.05) is 19.1 Å². The van der Waals surface area contributed by atoms with Crippen LogP contribution in [-0.4, -0.2) is 12.5 Å². The lowest BCUT2D eigenvalue weighted by Gasteiger charge is -2.10. The highest BCUT2D eigenvalue weighted by Crippen LogP contribution is 2.19. The first-order valence-electron chi connectivity index (χ1n) is 5.67. The molecule has 4 nitrogen and oxygen atoms in total. The van der Waals surface area contributed by atoms with Gasteiger partial charge in [0.25, 0.3) is 0 Å². The predicted molar refractivity (Wildman–Crippen MR) is 67.4 cm³/mol. The summed E-state index contributed by atoms with van der Waals surface area (Å²) < 4.78 is 0. The van der Waals surface area contributed by atoms with Gasteiger partial charge in [-0.2, -0.15) is 5.26 Å². The van der Waals surface area contributed by atoms with Crippen LogP contribution in [0.3, 0.4) is 0 Å². The Balaban J connectivity index is 2.47. The molecule has 0 saturated carbocycles. The average molecular weight is 231 g/mol. The number of nitriles is 1. The van der Waals surface area contributed by atoms with Crippen LogP contribution in [0.4, 0.5) is 5.69 Å². The van der Waals surface area contributed by atoms with Crippen LogP contribution in [-0.2, 0) is 4.79 Å². The highest BCUT2D eigenvalue weighted by atomic mass is 16.1. The molecule has 17 heavy (non-hydrogen) atoms. The molecule has 0 unspecified atom stereocenters. The van der Waals surface area contributed by atoms with Gasteiger partial charge in [0.05, 0.1) is 11.3 Å². The molecule has 1 rings (SSSR count). The van der Waals surface area contributed by atoms with Crippen molar-refractivity contribution in [1.82, 2.24) is 0 Å². The molecule has 4 heteroatoms. The van der Waals surface area contributed by atoms with Crippen molar-refractivity contribution in [1.29, 1.82) is 5.26 Å². The fourth-order valence-electron chi connectivity index (χ4n) is 1.63. The molecular formula is C13H17N3O. The van der Waals surface area contributed by atoms with Gasteiger partial charge in [-0.05, 0) is 31.4 Å². The quantitative estimate of drug-likeness (QED) is 0.734. The minimum Gasteiger partial charge on any atom is -0.384 e. The Morgan fingerprint density at radius 1 is 1.47 bits per heavy atom. The van der Waals surface area contributed by atoms with Gasteiger partial charge >= 0.3 is 0 Å². The molecule has 0 bridgehead atoms. The lowest BCUT2D eigenvalue weighted by molar-refractivity contribution is -0.118. The van der Waals surface area contributed by atoms with Crippen LogP contribution in [0.1, 0.15) is 30.4 Å². The summed E-state index contributed by atoms with van der Waals surface area (Å²) in [5.41, 5.74) is 7.64. The molecule has 1 aromatic rings. The standard InChI is InChI=1S/C13H17N3O/c1-10-5-4-6-11(9-14)13(10)16-8-3-2-7-12(15)17/h4-6,16H,2-3,7-8H2,1H3,(H2,15,17). The molecule has 0 heterocycles. The Bertz CT molecular complexity index is 435. The Morgan fingerprint density at radius 3 is 2.88 bits per heavy atom. The van der Waals surface area contributed by atoms with E-state index < -0.39 is 0 Å². The van der Waals surface area contributed by atoms with Gasteiger partial charge in [0, 0.05) is 13.0 Å². The number of nitrogens with zero attached hydrogens (tertiary/aromatic N) is 1. The molecule has 0 aliphatic carbocycles. The van der Waals surface area contributed by atoms with Crippen LogP contribution in [0, 0.1) is 18.3 Å². The van der Waals surface area contributed by atoms with E-state index in [1.165, 1.54) is 0 Å². The second-order valence-corrected chi connectivity index (χ2v) is 3.96. The maximum atomic E-state index is 10.5. The largest absolute Gasteiger partial charge is 0.384 e. The molecule has 90 valence electrons. The van der Waals surface area contributed by atoms with E-state index in [0.717, 1.165) is 30.6 Å². The van der Waals surface area contributed by atoms with Crippen LogP contribution in [0.25, 0.3) is 0 Å². The number of nitrogens with two attached hydrogens (primary N) is 1. The zero-order valence-electron chi connectivity index (χ0n) is 9.99. The number of amides is 1. The Hall–Kier alpha value is -2.02. The molecule has 1 aromatic carbocycles. The van der Waals surface area contributed by atoms with Crippen molar-refractivity contribution in [2.45, 2.75) is 26.2 Å². The van der Waals surface area contributed by atoms with Crippen molar-refractivity contribution in [3.8, 4) is 6.07 Å². The number of hydrogen-bond acceptors (Lipinski definition) is 3. The van der Waals surface area contributed by atoms with E-state index in [-0.39, 0.29) is 5.91 Å². The van der Waals surface area contributed by atoms with Crippen LogP contribution >= 0.6 is 0 Å². The van der Waals surface area contributed by atoms with E-state index in [4.69, 9.17) is 11.0 Å². The normalized spacial score (nSPS) is 9.65. The molecule has 0 aliphatic rings. The highest BCUT2D eigenvalue weighted by Gasteiger charge is 2.03. The number of anilines is 1. The van der Waals surface area contributed by atoms with E-state index in [9.17, 15) is 4.79 Å². The van der Waals surface area contributed by atoms with Crippen molar-refractivity contribution in [3.05, 3.63) is 29.3 Å². The molecule has 0 radical (unpaired) electrons. The van der Waals surface area contributed by atoms with E-state index in [1.54, 1.807) is 6.07 Å². The summed E-state index contributed by atoms with van der Waals surface area (Å²) in [4.78, 5) is 10.5. The smallest absolute Gasteiger partial charge is 0.217 e. The number of primary amides is 1. The number of para-hydroxylation sites is 1. The average Bonchev–Trinajstić information content (AvgIpc) is 2.30. The summed E-state index contributed by atoms with van der Waals surface area (Å²) in [5.74, 6) is -0.265. The Morgan fingerprint density at radius 2 is 2.24 bits per heavy atom. The van der Waals surface area contributed by atoms with Crippen LogP contribution in [0.2, 0.25) is 0 Å². The van der Waals surface area contributed by atoms with Crippen molar-refractivity contribution < 1.29 is 4.79 Å². The maximum absolute atomic E-state index is 10.5. The first kappa shape index (κ1) is 13.0. The summed E-state index contributed by atoms with van der Waals surface area (Å²) in [5, 5.41) is 12.2. The fraction of sp³-hybridized carbons (Fsp3) is 0.385. The molecule has 0 aliphatic heterocycles. The first-order valence-corrected chi connectivity index (χ1v) is 5.67. The second-order valence-electron chi connectivity index (χ2n) is 3.96. The number of benzene rings is 1. The summed E-state index contributed by atoms with van der Waals surface area (Å²) in [6, 6.07) is 7.78. The molecule has 0 spiro atoms. The zero-order chi connectivity index (χ0) is 12.7. The third-order valence-corrected chi connectivity index (χ3v) is 2.54. The van der Waals surface area contributed by atoms with E-state index in [2.05, 4.69) is 11.4 Å². The van der Waals surface area contributed by atoms with Gasteiger partial charge in [-0.1, -0.05) is 12.1 Å². The Kier molecular flexibility index (Phi) is 5.02. The fourth-order valence-corrected chi connectivity index (χ4v) is 1.63. The van der Waals surface area contributed by atoms with Gasteiger partial charge < -0.3 is 11.1 Å². The number of hydrogen-bond donors (Lipinski definition) is 2. The molecule has 0 aromatic heterocycles. The van der Waals surface area contributed by atoms with Crippen LogP contribution < -0.4 is 11.1 Å². The predicted octanol–water partition coefficient (Wildman–Crippen LogP) is 1.93. The van der Waals surface area contributed by atoms with Crippen LogP contribution in [0.15, 0.2) is 18.2 Å². The zero-order valence-corrected chi connectivity index (χ0v) is 9.99. The number of carbonyl (C=O) groups excluding carboxylic acids is 1. The number of rotatable bonds is 6. The molecule has 0 saturated heterocycles. The minimum absolute atomic E-state index is 0.265. The van der Waals surface area contributed by atoms with Gasteiger partial charge in [0.2, 0.25) is 5.91 Å².